The van der Waals surface area contributed by atoms with Crippen LogP contribution in [-0.2, 0) is 0 Å². The van der Waals surface area contributed by atoms with Crippen LogP contribution in [0.2, 0.25) is 0 Å². The fourth-order valence-corrected chi connectivity index (χ4v) is 2.08. The summed E-state index contributed by atoms with van der Waals surface area (Å²) in [4.78, 5) is 0. The predicted molar refractivity (Wildman–Crippen MR) is 48.2 cm³/mol. The van der Waals surface area contributed by atoms with Crippen molar-refractivity contribution in [3.8, 4) is 5.75 Å². The molecule has 0 fully saturated rings. The highest BCUT2D eigenvalue weighted by atomic mass is 32.1. The van der Waals surface area contributed by atoms with E-state index >= 15 is 0 Å². The second-order valence-electron chi connectivity index (χ2n) is 2.68. The van der Waals surface area contributed by atoms with Gasteiger partial charge in [0.2, 0.25) is 0 Å². The molecule has 1 aromatic heterocycles. The van der Waals surface area contributed by atoms with E-state index in [4.69, 9.17) is 0 Å². The molecule has 0 spiro atoms. The Labute approximate surface area is 73.1 Å². The highest BCUT2D eigenvalue weighted by molar-refractivity contribution is 7.17. The Morgan fingerprint density at radius 3 is 2.92 bits per heavy atom. The highest BCUT2D eigenvalue weighted by Crippen LogP contribution is 2.32. The fraction of sp³-hybridized carbons (Fsp3) is 0.111. The maximum Gasteiger partial charge on any atom is 0.177 e. The third-order valence-electron chi connectivity index (χ3n) is 1.88. The minimum atomic E-state index is -0.210. The minimum absolute atomic E-state index is 0.210. The zero-order valence-corrected chi connectivity index (χ0v) is 7.28. The van der Waals surface area contributed by atoms with E-state index in [2.05, 4.69) is 0 Å². The molecule has 2 rings (SSSR count). The summed E-state index contributed by atoms with van der Waals surface area (Å²) < 4.78 is 13.6. The minimum Gasteiger partial charge on any atom is -0.508 e. The Bertz CT molecular complexity index is 433. The quantitative estimate of drug-likeness (QED) is 0.663. The van der Waals surface area contributed by atoms with E-state index in [1.54, 1.807) is 19.1 Å². The van der Waals surface area contributed by atoms with Crippen molar-refractivity contribution in [2.75, 3.05) is 0 Å². The van der Waals surface area contributed by atoms with Crippen LogP contribution in [-0.4, -0.2) is 5.11 Å². The number of fused-ring (bicyclic) bond motifs is 1. The fourth-order valence-electron chi connectivity index (χ4n) is 1.20. The Morgan fingerprint density at radius 1 is 1.42 bits per heavy atom. The van der Waals surface area contributed by atoms with Crippen molar-refractivity contribution in [3.63, 3.8) is 0 Å². The van der Waals surface area contributed by atoms with Gasteiger partial charge in [-0.25, -0.2) is 0 Å². The summed E-state index contributed by atoms with van der Waals surface area (Å²) in [6.45, 7) is 1.79. The lowest BCUT2D eigenvalue weighted by Crippen LogP contribution is -1.72. The molecule has 0 amide bonds. The average Bonchev–Trinajstić information content (AvgIpc) is 2.39. The number of benzene rings is 1. The van der Waals surface area contributed by atoms with Crippen LogP contribution in [0.5, 0.6) is 5.75 Å². The molecule has 1 N–H and O–H groups in total. The number of hydrogen-bond donors (Lipinski definition) is 1. The second-order valence-corrected chi connectivity index (χ2v) is 3.68. The Hall–Kier alpha value is -1.09. The molecule has 12 heavy (non-hydrogen) atoms. The number of hydrogen-bond acceptors (Lipinski definition) is 2. The summed E-state index contributed by atoms with van der Waals surface area (Å²) in [5, 5.41) is 9.96. The van der Waals surface area contributed by atoms with Gasteiger partial charge in [-0.15, -0.1) is 11.3 Å². The van der Waals surface area contributed by atoms with Gasteiger partial charge in [0.05, 0.1) is 0 Å². The SMILES string of the molecule is Cc1c(O)ccc2cc(F)sc12. The van der Waals surface area contributed by atoms with Crippen molar-refractivity contribution >= 4 is 21.4 Å². The van der Waals surface area contributed by atoms with Crippen LogP contribution in [0.25, 0.3) is 10.1 Å². The molecule has 0 aliphatic rings. The van der Waals surface area contributed by atoms with Gasteiger partial charge in [0.25, 0.3) is 0 Å². The van der Waals surface area contributed by atoms with E-state index in [0.29, 0.717) is 0 Å². The number of rotatable bonds is 0. The summed E-state index contributed by atoms with van der Waals surface area (Å²) >= 11 is 1.07. The molecule has 0 aliphatic heterocycles. The van der Waals surface area contributed by atoms with Gasteiger partial charge in [-0.2, -0.15) is 4.39 Å². The topological polar surface area (TPSA) is 20.2 Å². The van der Waals surface area contributed by atoms with Crippen LogP contribution in [0, 0.1) is 12.1 Å². The summed E-state index contributed by atoms with van der Waals surface area (Å²) in [5.74, 6) is 0.226. The molecule has 1 heterocycles. The normalized spacial score (nSPS) is 10.8. The molecule has 0 unspecified atom stereocenters. The van der Waals surface area contributed by atoms with Crippen molar-refractivity contribution in [3.05, 3.63) is 28.9 Å². The van der Waals surface area contributed by atoms with E-state index in [1.165, 1.54) is 6.07 Å². The molecule has 0 aliphatic carbocycles. The highest BCUT2D eigenvalue weighted by Gasteiger charge is 2.06. The van der Waals surface area contributed by atoms with Crippen LogP contribution < -0.4 is 0 Å². The zero-order valence-electron chi connectivity index (χ0n) is 6.47. The van der Waals surface area contributed by atoms with Gasteiger partial charge in [0.15, 0.2) is 5.13 Å². The van der Waals surface area contributed by atoms with Gasteiger partial charge < -0.3 is 5.11 Å². The molecule has 1 nitrogen and oxygen atoms in total. The Kier molecular flexibility index (Phi) is 1.54. The standard InChI is InChI=1S/C9H7FOS/c1-5-7(11)3-2-6-4-8(10)12-9(5)6/h2-4,11H,1H3. The second kappa shape index (κ2) is 2.45. The molecule has 0 saturated carbocycles. The first-order valence-electron chi connectivity index (χ1n) is 3.56. The number of phenolic OH excluding ortho intramolecular Hbond substituents is 1. The monoisotopic (exact) mass is 182 g/mol. The van der Waals surface area contributed by atoms with Crippen molar-refractivity contribution < 1.29 is 9.50 Å². The summed E-state index contributed by atoms with van der Waals surface area (Å²) in [6, 6.07) is 4.79. The summed E-state index contributed by atoms with van der Waals surface area (Å²) in [7, 11) is 0. The number of phenols is 1. The van der Waals surface area contributed by atoms with Crippen molar-refractivity contribution in [2.45, 2.75) is 6.92 Å². The van der Waals surface area contributed by atoms with Crippen LogP contribution in [0.1, 0.15) is 5.56 Å². The molecular formula is C9H7FOS. The van der Waals surface area contributed by atoms with Crippen molar-refractivity contribution in [1.29, 1.82) is 0 Å². The van der Waals surface area contributed by atoms with Gasteiger partial charge in [0, 0.05) is 10.3 Å². The summed E-state index contributed by atoms with van der Waals surface area (Å²) in [5.41, 5.74) is 0.751. The van der Waals surface area contributed by atoms with E-state index in [1.807, 2.05) is 0 Å². The Morgan fingerprint density at radius 2 is 2.17 bits per heavy atom. The van der Waals surface area contributed by atoms with E-state index in [9.17, 15) is 9.50 Å². The molecule has 1 aromatic carbocycles. The number of halogens is 1. The van der Waals surface area contributed by atoms with Crippen LogP contribution in [0.3, 0.4) is 0 Å². The molecule has 2 aromatic rings. The van der Waals surface area contributed by atoms with Crippen molar-refractivity contribution in [2.24, 2.45) is 0 Å². The van der Waals surface area contributed by atoms with Gasteiger partial charge >= 0.3 is 0 Å². The van der Waals surface area contributed by atoms with Gasteiger partial charge in [-0.3, -0.25) is 0 Å². The smallest absolute Gasteiger partial charge is 0.177 e. The molecule has 0 bridgehead atoms. The predicted octanol–water partition coefficient (Wildman–Crippen LogP) is 3.05. The van der Waals surface area contributed by atoms with Crippen LogP contribution >= 0.6 is 11.3 Å². The van der Waals surface area contributed by atoms with Gasteiger partial charge in [-0.1, -0.05) is 0 Å². The first-order valence-corrected chi connectivity index (χ1v) is 4.38. The maximum absolute atomic E-state index is 12.8. The first-order chi connectivity index (χ1) is 5.68. The van der Waals surface area contributed by atoms with E-state index in [0.717, 1.165) is 27.0 Å². The molecular weight excluding hydrogens is 175 g/mol. The molecule has 0 saturated heterocycles. The molecule has 3 heteroatoms. The number of aromatic hydroxyl groups is 1. The first kappa shape index (κ1) is 7.55. The maximum atomic E-state index is 12.8. The van der Waals surface area contributed by atoms with E-state index < -0.39 is 0 Å². The van der Waals surface area contributed by atoms with Gasteiger partial charge in [-0.05, 0) is 30.5 Å². The lowest BCUT2D eigenvalue weighted by molar-refractivity contribution is 0.472. The largest absolute Gasteiger partial charge is 0.508 e. The van der Waals surface area contributed by atoms with Gasteiger partial charge in [0.1, 0.15) is 5.75 Å². The third-order valence-corrected chi connectivity index (χ3v) is 2.94. The third kappa shape index (κ3) is 0.975. The molecule has 0 radical (unpaired) electrons. The van der Waals surface area contributed by atoms with Crippen LogP contribution in [0.4, 0.5) is 4.39 Å². The van der Waals surface area contributed by atoms with Crippen LogP contribution in [0.15, 0.2) is 18.2 Å². The Balaban J connectivity index is 2.89. The molecule has 0 atom stereocenters. The zero-order chi connectivity index (χ0) is 8.72. The number of thiophene rings is 1. The lowest BCUT2D eigenvalue weighted by Gasteiger charge is -1.97. The van der Waals surface area contributed by atoms with E-state index in [-0.39, 0.29) is 10.9 Å². The summed E-state index contributed by atoms with van der Waals surface area (Å²) in [6.07, 6.45) is 0. The molecule has 62 valence electrons. The average molecular weight is 182 g/mol. The van der Waals surface area contributed by atoms with Crippen molar-refractivity contribution in [1.82, 2.24) is 0 Å². The number of aryl methyl sites for hydroxylation is 1. The lowest BCUT2D eigenvalue weighted by atomic mass is 10.2.